The van der Waals surface area contributed by atoms with E-state index in [0.717, 1.165) is 46.6 Å². The molecule has 2 aromatic carbocycles. The smallest absolute Gasteiger partial charge is 0.174 e. The Morgan fingerprint density at radius 3 is 2.37 bits per heavy atom. The monoisotopic (exact) mass is 541 g/mol. The van der Waals surface area contributed by atoms with Gasteiger partial charge in [0.25, 0.3) is 0 Å². The highest BCUT2D eigenvalue weighted by atomic mass is 35.5. The van der Waals surface area contributed by atoms with E-state index in [2.05, 4.69) is 100 Å². The Hall–Kier alpha value is -3.35. The number of benzene rings is 2. The second-order valence-electron chi connectivity index (χ2n) is 10.6. The Labute approximate surface area is 235 Å². The molecule has 4 heterocycles. The molecular formula is C31H32ClN5S. The lowest BCUT2D eigenvalue weighted by molar-refractivity contribution is 0.357. The zero-order valence-electron chi connectivity index (χ0n) is 21.7. The maximum atomic E-state index is 6.99. The van der Waals surface area contributed by atoms with Crippen LogP contribution in [0.15, 0.2) is 91.3 Å². The van der Waals surface area contributed by atoms with Crippen LogP contribution in [0.2, 0.25) is 5.02 Å². The van der Waals surface area contributed by atoms with Crippen LogP contribution >= 0.6 is 23.8 Å². The number of para-hydroxylation sites is 1. The van der Waals surface area contributed by atoms with Crippen molar-refractivity contribution in [2.75, 3.05) is 22.9 Å². The average molecular weight is 542 g/mol. The summed E-state index contributed by atoms with van der Waals surface area (Å²) in [6, 6.07) is 26.8. The third-order valence-electron chi connectivity index (χ3n) is 7.63. The highest BCUT2D eigenvalue weighted by Crippen LogP contribution is 2.44. The van der Waals surface area contributed by atoms with Crippen LogP contribution in [-0.4, -0.2) is 27.8 Å². The van der Waals surface area contributed by atoms with Gasteiger partial charge in [0.2, 0.25) is 0 Å². The van der Waals surface area contributed by atoms with Gasteiger partial charge < -0.3 is 19.7 Å². The van der Waals surface area contributed by atoms with E-state index in [9.17, 15) is 0 Å². The van der Waals surface area contributed by atoms with Gasteiger partial charge in [-0.2, -0.15) is 0 Å². The lowest BCUT2D eigenvalue weighted by Crippen LogP contribution is -2.38. The van der Waals surface area contributed by atoms with E-state index < -0.39 is 0 Å². The van der Waals surface area contributed by atoms with Crippen molar-refractivity contribution in [3.8, 4) is 5.69 Å². The summed E-state index contributed by atoms with van der Waals surface area (Å²) in [5, 5.41) is 4.99. The number of hydrogen-bond donors (Lipinski definition) is 1. The third kappa shape index (κ3) is 4.67. The maximum Gasteiger partial charge on any atom is 0.174 e. The molecule has 2 aromatic heterocycles. The van der Waals surface area contributed by atoms with Crippen molar-refractivity contribution in [1.82, 2.24) is 14.9 Å². The summed E-state index contributed by atoms with van der Waals surface area (Å²) in [5.74, 6) is 1.30. The van der Waals surface area contributed by atoms with E-state index in [4.69, 9.17) is 28.8 Å². The topological polar surface area (TPSA) is 36.3 Å². The van der Waals surface area contributed by atoms with Gasteiger partial charge in [-0.3, -0.25) is 4.98 Å². The summed E-state index contributed by atoms with van der Waals surface area (Å²) < 4.78 is 2.23. The summed E-state index contributed by atoms with van der Waals surface area (Å²) in [6.45, 7) is 6.71. The van der Waals surface area contributed by atoms with Crippen LogP contribution in [0.25, 0.3) is 5.69 Å². The molecule has 0 amide bonds. The number of nitrogens with one attached hydrogen (secondary N) is 1. The second kappa shape index (κ2) is 10.4. The number of thiocarbonyl (C=S) groups is 1. The van der Waals surface area contributed by atoms with E-state index in [1.165, 1.54) is 6.42 Å². The summed E-state index contributed by atoms with van der Waals surface area (Å²) in [7, 11) is 0. The second-order valence-corrected chi connectivity index (χ2v) is 11.4. The van der Waals surface area contributed by atoms with Gasteiger partial charge in [0.05, 0.1) is 22.4 Å². The lowest BCUT2D eigenvalue weighted by atomic mass is 9.91. The van der Waals surface area contributed by atoms with Gasteiger partial charge in [-0.05, 0) is 85.1 Å². The fraction of sp³-hybridized carbons (Fsp3) is 0.290. The molecule has 1 N–H and O–H groups in total. The Bertz CT molecular complexity index is 1410. The van der Waals surface area contributed by atoms with Gasteiger partial charge >= 0.3 is 0 Å². The molecule has 0 spiro atoms. The molecule has 7 heteroatoms. The quantitative estimate of drug-likeness (QED) is 0.271. The van der Waals surface area contributed by atoms with E-state index in [1.54, 1.807) is 0 Å². The standard InChI is InChI=1S/C31H32ClN5S/c1-21-17-22(2)20-35(19-21)27-14-13-24(18-25(27)32)37-30(29(34-31(37)38)26-11-6-7-15-33-26)28-12-8-16-36(28)23-9-4-3-5-10-23/h3-16,18,21-22,29-30H,17,19-20H2,1-2H3,(H,34,38)/t21-,22-,29+,30+/m1/s1. The molecule has 2 fully saturated rings. The molecule has 0 radical (unpaired) electrons. The first-order valence-electron chi connectivity index (χ1n) is 13.3. The Kier molecular flexibility index (Phi) is 6.85. The zero-order valence-corrected chi connectivity index (χ0v) is 23.2. The molecule has 0 unspecified atom stereocenters. The fourth-order valence-electron chi connectivity index (χ4n) is 6.15. The van der Waals surface area contributed by atoms with Gasteiger partial charge in [0.15, 0.2) is 5.11 Å². The molecule has 5 nitrogen and oxygen atoms in total. The Morgan fingerprint density at radius 2 is 1.66 bits per heavy atom. The van der Waals surface area contributed by atoms with Crippen molar-refractivity contribution in [2.24, 2.45) is 11.8 Å². The number of rotatable bonds is 5. The van der Waals surface area contributed by atoms with Crippen LogP contribution in [0.3, 0.4) is 0 Å². The van der Waals surface area contributed by atoms with Crippen LogP contribution in [0.5, 0.6) is 0 Å². The molecule has 2 aliphatic heterocycles. The molecule has 38 heavy (non-hydrogen) atoms. The van der Waals surface area contributed by atoms with Crippen molar-refractivity contribution in [3.63, 3.8) is 0 Å². The molecule has 0 aliphatic carbocycles. The zero-order chi connectivity index (χ0) is 26.2. The van der Waals surface area contributed by atoms with Crippen molar-refractivity contribution in [2.45, 2.75) is 32.4 Å². The van der Waals surface area contributed by atoms with E-state index in [1.807, 2.05) is 24.4 Å². The Morgan fingerprint density at radius 1 is 0.895 bits per heavy atom. The number of piperidine rings is 1. The summed E-state index contributed by atoms with van der Waals surface area (Å²) in [5.41, 5.74) is 5.24. The molecular weight excluding hydrogens is 510 g/mol. The number of halogens is 1. The highest BCUT2D eigenvalue weighted by Gasteiger charge is 2.42. The number of hydrogen-bond acceptors (Lipinski definition) is 3. The van der Waals surface area contributed by atoms with Crippen LogP contribution < -0.4 is 15.1 Å². The number of pyridine rings is 1. The van der Waals surface area contributed by atoms with Crippen molar-refractivity contribution in [3.05, 3.63) is 108 Å². The molecule has 0 saturated carbocycles. The average Bonchev–Trinajstić information content (AvgIpc) is 3.53. The Balaban J connectivity index is 1.42. The van der Waals surface area contributed by atoms with E-state index in [0.29, 0.717) is 16.9 Å². The van der Waals surface area contributed by atoms with Gasteiger partial charge in [0.1, 0.15) is 6.04 Å². The molecule has 4 atom stereocenters. The molecule has 6 rings (SSSR count). The first-order valence-corrected chi connectivity index (χ1v) is 14.1. The fourth-order valence-corrected chi connectivity index (χ4v) is 6.79. The van der Waals surface area contributed by atoms with Gasteiger partial charge in [-0.25, -0.2) is 0 Å². The van der Waals surface area contributed by atoms with Gasteiger partial charge in [-0.15, -0.1) is 0 Å². The molecule has 2 saturated heterocycles. The SMILES string of the molecule is C[C@@H]1C[C@@H](C)CN(c2ccc(N3C(=S)N[C@@H](c4ccccn4)[C@@H]3c3cccn3-c3ccccc3)cc2Cl)C1. The molecule has 194 valence electrons. The highest BCUT2D eigenvalue weighted by molar-refractivity contribution is 7.80. The van der Waals surface area contributed by atoms with E-state index in [-0.39, 0.29) is 12.1 Å². The number of nitrogens with zero attached hydrogens (tertiary/aromatic N) is 4. The molecule has 4 aromatic rings. The van der Waals surface area contributed by atoms with Gasteiger partial charge in [0, 0.05) is 42.6 Å². The number of aromatic nitrogens is 2. The van der Waals surface area contributed by atoms with Crippen molar-refractivity contribution < 1.29 is 0 Å². The van der Waals surface area contributed by atoms with Crippen LogP contribution in [-0.2, 0) is 0 Å². The van der Waals surface area contributed by atoms with E-state index >= 15 is 0 Å². The predicted octanol–water partition coefficient (Wildman–Crippen LogP) is 7.19. The predicted molar refractivity (Wildman–Crippen MR) is 160 cm³/mol. The first-order chi connectivity index (χ1) is 18.5. The lowest BCUT2D eigenvalue weighted by Gasteiger charge is -2.37. The van der Waals surface area contributed by atoms with Gasteiger partial charge in [-0.1, -0.05) is 49.7 Å². The molecule has 0 bridgehead atoms. The summed E-state index contributed by atoms with van der Waals surface area (Å²) >= 11 is 13.0. The maximum absolute atomic E-state index is 6.99. The normalized spacial score (nSPS) is 23.5. The van der Waals surface area contributed by atoms with Crippen LogP contribution in [0.1, 0.15) is 43.7 Å². The first kappa shape index (κ1) is 25.0. The minimum atomic E-state index is -0.122. The van der Waals surface area contributed by atoms with Crippen LogP contribution in [0, 0.1) is 11.8 Å². The summed E-state index contributed by atoms with van der Waals surface area (Å²) in [6.07, 6.45) is 5.20. The minimum absolute atomic E-state index is 0.121. The third-order valence-corrected chi connectivity index (χ3v) is 8.25. The van der Waals surface area contributed by atoms with Crippen LogP contribution in [0.4, 0.5) is 11.4 Å². The van der Waals surface area contributed by atoms with Crippen molar-refractivity contribution in [1.29, 1.82) is 0 Å². The number of anilines is 2. The van der Waals surface area contributed by atoms with Crippen molar-refractivity contribution >= 4 is 40.3 Å². The molecule has 2 aliphatic rings. The minimum Gasteiger partial charge on any atom is -0.370 e. The largest absolute Gasteiger partial charge is 0.370 e. The summed E-state index contributed by atoms with van der Waals surface area (Å²) in [4.78, 5) is 9.33.